The van der Waals surface area contributed by atoms with Gasteiger partial charge in [-0.1, -0.05) is 12.1 Å². The molecule has 1 saturated carbocycles. The van der Waals surface area contributed by atoms with E-state index in [1.54, 1.807) is 12.0 Å². The molecule has 1 amide bonds. The van der Waals surface area contributed by atoms with Crippen LogP contribution in [0.3, 0.4) is 0 Å². The average molecular weight is 319 g/mol. The number of benzene rings is 1. The molecule has 1 atom stereocenters. The number of aliphatic hydroxyl groups is 1. The van der Waals surface area contributed by atoms with Crippen LogP contribution in [-0.2, 0) is 9.47 Å². The molecule has 1 aliphatic heterocycles. The Balaban J connectivity index is 1.65. The second-order valence-corrected chi connectivity index (χ2v) is 6.93. The number of amides is 1. The molecule has 126 valence electrons. The lowest BCUT2D eigenvalue weighted by Gasteiger charge is -2.33. The molecule has 1 N–H and O–H groups in total. The summed E-state index contributed by atoms with van der Waals surface area (Å²) in [4.78, 5) is 13.6. The van der Waals surface area contributed by atoms with Gasteiger partial charge in [0.2, 0.25) is 0 Å². The normalized spacial score (nSPS) is 31.3. The lowest BCUT2D eigenvalue weighted by molar-refractivity contribution is 0.0172. The van der Waals surface area contributed by atoms with Gasteiger partial charge < -0.3 is 14.6 Å². The Bertz CT molecular complexity index is 545. The van der Waals surface area contributed by atoms with Crippen molar-refractivity contribution in [2.45, 2.75) is 50.2 Å². The van der Waals surface area contributed by atoms with E-state index in [1.165, 1.54) is 5.56 Å². The average Bonchev–Trinajstić information content (AvgIpc) is 2.89. The lowest BCUT2D eigenvalue weighted by atomic mass is 9.77. The summed E-state index contributed by atoms with van der Waals surface area (Å²) >= 11 is 0. The van der Waals surface area contributed by atoms with Crippen LogP contribution in [0.2, 0.25) is 0 Å². The van der Waals surface area contributed by atoms with Gasteiger partial charge in [-0.3, -0.25) is 4.90 Å². The van der Waals surface area contributed by atoms with Crippen molar-refractivity contribution in [2.75, 3.05) is 25.2 Å². The van der Waals surface area contributed by atoms with Gasteiger partial charge in [-0.15, -0.1) is 0 Å². The summed E-state index contributed by atoms with van der Waals surface area (Å²) in [6, 6.07) is 8.16. The van der Waals surface area contributed by atoms with Gasteiger partial charge in [0.1, 0.15) is 6.10 Å². The molecule has 23 heavy (non-hydrogen) atoms. The van der Waals surface area contributed by atoms with Crippen molar-refractivity contribution in [1.29, 1.82) is 0 Å². The fraction of sp³-hybridized carbons (Fsp3) is 0.611. The molecule has 3 rings (SSSR count). The zero-order valence-electron chi connectivity index (χ0n) is 13.8. The lowest BCUT2D eigenvalue weighted by Crippen LogP contribution is -2.29. The first-order valence-electron chi connectivity index (χ1n) is 8.28. The van der Waals surface area contributed by atoms with E-state index in [2.05, 4.69) is 12.1 Å². The number of carbonyl (C=O) groups excluding carboxylic acids is 1. The quantitative estimate of drug-likeness (QED) is 0.926. The summed E-state index contributed by atoms with van der Waals surface area (Å²) in [5.41, 5.74) is 1.64. The molecule has 1 saturated heterocycles. The van der Waals surface area contributed by atoms with E-state index in [9.17, 15) is 9.90 Å². The van der Waals surface area contributed by atoms with Crippen LogP contribution in [0.15, 0.2) is 24.3 Å². The van der Waals surface area contributed by atoms with Gasteiger partial charge in [-0.05, 0) is 56.2 Å². The largest absolute Gasteiger partial charge is 0.441 e. The van der Waals surface area contributed by atoms with E-state index in [0.717, 1.165) is 31.4 Å². The van der Waals surface area contributed by atoms with Gasteiger partial charge in [0, 0.05) is 12.8 Å². The number of ether oxygens (including phenoxy) is 2. The Morgan fingerprint density at radius 3 is 2.57 bits per heavy atom. The monoisotopic (exact) mass is 319 g/mol. The van der Waals surface area contributed by atoms with Gasteiger partial charge in [0.15, 0.2) is 0 Å². The summed E-state index contributed by atoms with van der Waals surface area (Å²) in [5, 5.41) is 10.1. The third-order valence-electron chi connectivity index (χ3n) is 4.97. The first-order chi connectivity index (χ1) is 11.0. The molecule has 0 bridgehead atoms. The molecule has 2 fully saturated rings. The van der Waals surface area contributed by atoms with Crippen molar-refractivity contribution in [1.82, 2.24) is 0 Å². The Morgan fingerprint density at radius 2 is 1.96 bits per heavy atom. The highest BCUT2D eigenvalue weighted by atomic mass is 16.6. The van der Waals surface area contributed by atoms with E-state index >= 15 is 0 Å². The number of hydrogen-bond acceptors (Lipinski definition) is 4. The second-order valence-electron chi connectivity index (χ2n) is 6.93. The van der Waals surface area contributed by atoms with Gasteiger partial charge in [0.05, 0.1) is 18.8 Å². The number of cyclic esters (lactones) is 1. The fourth-order valence-corrected chi connectivity index (χ4v) is 3.50. The van der Waals surface area contributed by atoms with E-state index in [0.29, 0.717) is 19.1 Å². The summed E-state index contributed by atoms with van der Waals surface area (Å²) < 4.78 is 10.3. The van der Waals surface area contributed by atoms with Crippen LogP contribution in [0, 0.1) is 0 Å². The van der Waals surface area contributed by atoms with Crippen LogP contribution in [0.25, 0.3) is 0 Å². The van der Waals surface area contributed by atoms with Gasteiger partial charge in [-0.25, -0.2) is 4.79 Å². The molecule has 0 unspecified atom stereocenters. The summed E-state index contributed by atoms with van der Waals surface area (Å²) in [6.07, 6.45) is 3.19. The van der Waals surface area contributed by atoms with Crippen LogP contribution < -0.4 is 4.90 Å². The zero-order chi connectivity index (χ0) is 16.4. The maximum absolute atomic E-state index is 11.9. The van der Waals surface area contributed by atoms with Crippen LogP contribution in [0.1, 0.15) is 44.1 Å². The first-order valence-corrected chi connectivity index (χ1v) is 8.28. The highest BCUT2D eigenvalue weighted by Crippen LogP contribution is 2.38. The molecule has 0 spiro atoms. The summed E-state index contributed by atoms with van der Waals surface area (Å²) in [7, 11) is 1.60. The minimum atomic E-state index is -0.508. The molecule has 1 aromatic rings. The number of methoxy groups -OCH3 is 1. The van der Waals surface area contributed by atoms with E-state index in [-0.39, 0.29) is 12.2 Å². The van der Waals surface area contributed by atoms with Crippen LogP contribution in [-0.4, -0.2) is 43.2 Å². The van der Waals surface area contributed by atoms with E-state index in [4.69, 9.17) is 9.47 Å². The van der Waals surface area contributed by atoms with Crippen LogP contribution in [0.5, 0.6) is 0 Å². The highest BCUT2D eigenvalue weighted by Gasteiger charge is 2.33. The van der Waals surface area contributed by atoms with Crippen molar-refractivity contribution >= 4 is 11.8 Å². The van der Waals surface area contributed by atoms with Crippen molar-refractivity contribution in [3.05, 3.63) is 29.8 Å². The SMILES string of the molecule is COC[C@H]1CN(c2ccc([C@H]3CC[C@](C)(O)CC3)cc2)C(=O)O1. The molecule has 5 heteroatoms. The second kappa shape index (κ2) is 6.49. The molecule has 0 aromatic heterocycles. The van der Waals surface area contributed by atoms with E-state index < -0.39 is 5.60 Å². The number of carbonyl (C=O) groups is 1. The smallest absolute Gasteiger partial charge is 0.414 e. The predicted molar refractivity (Wildman–Crippen MR) is 87.8 cm³/mol. The number of nitrogens with zero attached hydrogens (tertiary/aromatic N) is 1. The third kappa shape index (κ3) is 3.67. The summed E-state index contributed by atoms with van der Waals surface area (Å²) in [6.45, 7) is 2.86. The molecule has 1 heterocycles. The number of rotatable bonds is 4. The molecular formula is C18H25NO4. The topological polar surface area (TPSA) is 59.0 Å². The molecule has 2 aliphatic rings. The fourth-order valence-electron chi connectivity index (χ4n) is 3.50. The summed E-state index contributed by atoms with van der Waals surface area (Å²) in [5.74, 6) is 0.496. The minimum absolute atomic E-state index is 0.201. The number of anilines is 1. The van der Waals surface area contributed by atoms with E-state index in [1.807, 2.05) is 19.1 Å². The molecule has 0 radical (unpaired) electrons. The molecule has 5 nitrogen and oxygen atoms in total. The van der Waals surface area contributed by atoms with Crippen molar-refractivity contribution in [3.8, 4) is 0 Å². The van der Waals surface area contributed by atoms with Gasteiger partial charge in [0.25, 0.3) is 0 Å². The Morgan fingerprint density at radius 1 is 1.30 bits per heavy atom. The standard InChI is InChI=1S/C18H25NO4/c1-18(21)9-7-14(8-10-18)13-3-5-15(6-4-13)19-11-16(12-22-2)23-17(19)20/h3-6,14,16,21H,7-12H2,1-2H3/t14-,16-,18-/m1/s1. The predicted octanol–water partition coefficient (Wildman–Crippen LogP) is 3.07. The molecular weight excluding hydrogens is 294 g/mol. The highest BCUT2D eigenvalue weighted by molar-refractivity contribution is 5.89. The zero-order valence-corrected chi connectivity index (χ0v) is 13.8. The Labute approximate surface area is 137 Å². The first kappa shape index (κ1) is 16.3. The Hall–Kier alpha value is -1.59. The molecule has 1 aromatic carbocycles. The van der Waals surface area contributed by atoms with Crippen LogP contribution >= 0.6 is 0 Å². The van der Waals surface area contributed by atoms with Crippen molar-refractivity contribution in [3.63, 3.8) is 0 Å². The number of hydrogen-bond donors (Lipinski definition) is 1. The maximum Gasteiger partial charge on any atom is 0.414 e. The van der Waals surface area contributed by atoms with Crippen molar-refractivity contribution < 1.29 is 19.4 Å². The van der Waals surface area contributed by atoms with Gasteiger partial charge >= 0.3 is 6.09 Å². The molecule has 1 aliphatic carbocycles. The Kier molecular flexibility index (Phi) is 4.60. The van der Waals surface area contributed by atoms with Gasteiger partial charge in [-0.2, -0.15) is 0 Å². The third-order valence-corrected chi connectivity index (χ3v) is 4.97. The minimum Gasteiger partial charge on any atom is -0.441 e. The maximum atomic E-state index is 11.9. The van der Waals surface area contributed by atoms with Crippen molar-refractivity contribution in [2.24, 2.45) is 0 Å². The van der Waals surface area contributed by atoms with Crippen LogP contribution in [0.4, 0.5) is 10.5 Å².